The molecule has 0 aromatic heterocycles. The molecule has 1 heterocycles. The van der Waals surface area contributed by atoms with Gasteiger partial charge in [-0.05, 0) is 0 Å². The summed E-state index contributed by atoms with van der Waals surface area (Å²) in [7, 11) is 0. The third-order valence-corrected chi connectivity index (χ3v) is 2.59. The molecule has 124 valence electrons. The smallest absolute Gasteiger partial charge is 0.305 e. The molecule has 4 atom stereocenters. The number of esters is 4. The van der Waals surface area contributed by atoms with Crippen molar-refractivity contribution in [1.29, 1.82) is 0 Å². The van der Waals surface area contributed by atoms with Crippen LogP contribution in [0.4, 0.5) is 0 Å². The number of hydrogen-bond donors (Lipinski definition) is 0. The maximum Gasteiger partial charge on any atom is 0.305 e. The fourth-order valence-electron chi connectivity index (χ4n) is 1.97. The van der Waals surface area contributed by atoms with Crippen molar-refractivity contribution in [3.8, 4) is 0 Å². The number of hydrogen-bond acceptors (Lipinski definition) is 9. The lowest BCUT2D eigenvalue weighted by atomic mass is 10.0. The predicted molar refractivity (Wildman–Crippen MR) is 68.2 cm³/mol. The molecule has 22 heavy (non-hydrogen) atoms. The van der Waals surface area contributed by atoms with Crippen LogP contribution in [0, 0.1) is 0 Å². The molecule has 0 amide bonds. The van der Waals surface area contributed by atoms with Crippen molar-refractivity contribution in [2.45, 2.75) is 52.3 Å². The highest BCUT2D eigenvalue weighted by molar-refractivity contribution is 5.69. The molecule has 0 spiro atoms. The summed E-state index contributed by atoms with van der Waals surface area (Å²) < 4.78 is 25.2. The monoisotopic (exact) mass is 318 g/mol. The van der Waals surface area contributed by atoms with Crippen molar-refractivity contribution >= 4 is 23.9 Å². The Morgan fingerprint density at radius 3 is 1.64 bits per heavy atom. The largest absolute Gasteiger partial charge is 0.456 e. The van der Waals surface area contributed by atoms with Gasteiger partial charge in [0.05, 0.1) is 6.61 Å². The van der Waals surface area contributed by atoms with Crippen LogP contribution < -0.4 is 0 Å². The molecule has 9 heteroatoms. The first-order chi connectivity index (χ1) is 10.2. The average Bonchev–Trinajstić information content (AvgIpc) is 2.34. The minimum absolute atomic E-state index is 0.187. The predicted octanol–water partition coefficient (Wildman–Crippen LogP) is -0.299. The molecule has 0 aliphatic carbocycles. The van der Waals surface area contributed by atoms with Gasteiger partial charge in [-0.1, -0.05) is 0 Å². The molecule has 1 aliphatic heterocycles. The zero-order valence-corrected chi connectivity index (χ0v) is 12.7. The van der Waals surface area contributed by atoms with E-state index in [-0.39, 0.29) is 6.61 Å². The van der Waals surface area contributed by atoms with Gasteiger partial charge in [0.15, 0.2) is 12.2 Å². The summed E-state index contributed by atoms with van der Waals surface area (Å²) in [5.74, 6) is -2.68. The third-order valence-electron chi connectivity index (χ3n) is 2.59. The van der Waals surface area contributed by atoms with Crippen LogP contribution in [-0.4, -0.2) is 55.1 Å². The zero-order chi connectivity index (χ0) is 16.9. The highest BCUT2D eigenvalue weighted by Gasteiger charge is 2.48. The quantitative estimate of drug-likeness (QED) is 0.509. The average molecular weight is 318 g/mol. The van der Waals surface area contributed by atoms with Gasteiger partial charge in [0, 0.05) is 27.7 Å². The second kappa shape index (κ2) is 7.74. The van der Waals surface area contributed by atoms with Gasteiger partial charge in [-0.25, -0.2) is 0 Å². The minimum atomic E-state index is -1.27. The summed E-state index contributed by atoms with van der Waals surface area (Å²) >= 11 is 0. The Morgan fingerprint density at radius 1 is 0.727 bits per heavy atom. The Morgan fingerprint density at radius 2 is 1.18 bits per heavy atom. The number of rotatable bonds is 4. The molecule has 1 aliphatic rings. The van der Waals surface area contributed by atoms with Crippen LogP contribution >= 0.6 is 0 Å². The first-order valence-corrected chi connectivity index (χ1v) is 6.51. The minimum Gasteiger partial charge on any atom is -0.456 e. The van der Waals surface area contributed by atoms with E-state index in [1.54, 1.807) is 0 Å². The van der Waals surface area contributed by atoms with Crippen molar-refractivity contribution in [3.05, 3.63) is 0 Å². The van der Waals surface area contributed by atoms with Gasteiger partial charge < -0.3 is 23.7 Å². The van der Waals surface area contributed by atoms with Crippen molar-refractivity contribution in [2.75, 3.05) is 6.61 Å². The SMILES string of the molecule is CC(=O)O[C@@H]1OC[C@H](OC(C)=O)[C@H](OC(C)=O)[C@@H]1OC(C)=O. The van der Waals surface area contributed by atoms with Crippen LogP contribution in [0.1, 0.15) is 27.7 Å². The van der Waals surface area contributed by atoms with E-state index in [0.717, 1.165) is 20.8 Å². The Kier molecular flexibility index (Phi) is 6.29. The lowest BCUT2D eigenvalue weighted by Gasteiger charge is -2.39. The maximum atomic E-state index is 11.3. The topological polar surface area (TPSA) is 114 Å². The van der Waals surface area contributed by atoms with E-state index >= 15 is 0 Å². The molecule has 0 aromatic rings. The lowest BCUT2D eigenvalue weighted by Crippen LogP contribution is -2.58. The lowest BCUT2D eigenvalue weighted by molar-refractivity contribution is -0.273. The summed E-state index contributed by atoms with van der Waals surface area (Å²) in [6.07, 6.45) is -4.65. The Labute approximate surface area is 126 Å². The van der Waals surface area contributed by atoms with E-state index in [9.17, 15) is 19.2 Å². The molecule has 0 aromatic carbocycles. The van der Waals surface area contributed by atoms with Crippen LogP contribution in [0.25, 0.3) is 0 Å². The van der Waals surface area contributed by atoms with Gasteiger partial charge in [0.2, 0.25) is 12.4 Å². The molecule has 1 fully saturated rings. The molecular weight excluding hydrogens is 300 g/mol. The summed E-state index contributed by atoms with van der Waals surface area (Å²) in [5, 5.41) is 0. The second-order valence-electron chi connectivity index (χ2n) is 4.61. The van der Waals surface area contributed by atoms with Crippen LogP contribution in [-0.2, 0) is 42.9 Å². The van der Waals surface area contributed by atoms with E-state index < -0.39 is 48.5 Å². The van der Waals surface area contributed by atoms with Gasteiger partial charge in [0.25, 0.3) is 0 Å². The summed E-state index contributed by atoms with van der Waals surface area (Å²) in [4.78, 5) is 44.7. The standard InChI is InChI=1S/C13H18O9/c1-6(14)19-10-5-18-13(22-9(4)17)12(21-8(3)16)11(10)20-7(2)15/h10-13H,5H2,1-4H3/t10-,11-,12-,13-/m0/s1. The normalized spacial score (nSPS) is 27.5. The summed E-state index contributed by atoms with van der Waals surface area (Å²) in [6.45, 7) is 4.40. The van der Waals surface area contributed by atoms with Crippen molar-refractivity contribution in [2.24, 2.45) is 0 Å². The molecule has 0 bridgehead atoms. The Bertz CT molecular complexity index is 416. The molecule has 0 unspecified atom stereocenters. The first-order valence-electron chi connectivity index (χ1n) is 6.51. The molecule has 1 saturated heterocycles. The highest BCUT2D eigenvalue weighted by atomic mass is 16.7. The molecule has 9 nitrogen and oxygen atoms in total. The van der Waals surface area contributed by atoms with Gasteiger partial charge >= 0.3 is 23.9 Å². The van der Waals surface area contributed by atoms with Crippen molar-refractivity contribution in [3.63, 3.8) is 0 Å². The van der Waals surface area contributed by atoms with Crippen LogP contribution in [0.2, 0.25) is 0 Å². The Hall–Kier alpha value is -2.16. The van der Waals surface area contributed by atoms with E-state index in [1.807, 2.05) is 0 Å². The molecule has 1 rings (SSSR count). The van der Waals surface area contributed by atoms with E-state index in [1.165, 1.54) is 6.92 Å². The zero-order valence-electron chi connectivity index (χ0n) is 12.7. The molecule has 0 radical (unpaired) electrons. The van der Waals surface area contributed by atoms with E-state index in [0.29, 0.717) is 0 Å². The van der Waals surface area contributed by atoms with E-state index in [4.69, 9.17) is 23.7 Å². The van der Waals surface area contributed by atoms with Crippen LogP contribution in [0.3, 0.4) is 0 Å². The highest BCUT2D eigenvalue weighted by Crippen LogP contribution is 2.25. The van der Waals surface area contributed by atoms with Crippen molar-refractivity contribution in [1.82, 2.24) is 0 Å². The summed E-state index contributed by atoms with van der Waals surface area (Å²) in [5.41, 5.74) is 0. The molecular formula is C13H18O9. The molecule has 0 saturated carbocycles. The third kappa shape index (κ3) is 5.32. The molecule has 0 N–H and O–H groups in total. The van der Waals surface area contributed by atoms with Gasteiger partial charge in [-0.3, -0.25) is 19.2 Å². The van der Waals surface area contributed by atoms with Crippen molar-refractivity contribution < 1.29 is 42.9 Å². The van der Waals surface area contributed by atoms with Crippen LogP contribution in [0.15, 0.2) is 0 Å². The maximum absolute atomic E-state index is 11.3. The first kappa shape index (κ1) is 17.9. The van der Waals surface area contributed by atoms with Gasteiger partial charge in [-0.15, -0.1) is 0 Å². The number of carbonyl (C=O) groups is 4. The summed E-state index contributed by atoms with van der Waals surface area (Å²) in [6, 6.07) is 0. The number of ether oxygens (including phenoxy) is 5. The second-order valence-corrected chi connectivity index (χ2v) is 4.61. The fraction of sp³-hybridized carbons (Fsp3) is 0.692. The van der Waals surface area contributed by atoms with E-state index in [2.05, 4.69) is 0 Å². The number of carbonyl (C=O) groups excluding carboxylic acids is 4. The van der Waals surface area contributed by atoms with Crippen LogP contribution in [0.5, 0.6) is 0 Å². The van der Waals surface area contributed by atoms with Gasteiger partial charge in [-0.2, -0.15) is 0 Å². The van der Waals surface area contributed by atoms with Gasteiger partial charge in [0.1, 0.15) is 0 Å². The fourth-order valence-corrected chi connectivity index (χ4v) is 1.97. The Balaban J connectivity index is 3.03.